The van der Waals surface area contributed by atoms with E-state index in [1.54, 1.807) is 6.07 Å². The highest BCUT2D eigenvalue weighted by atomic mass is 35.5. The number of carbonyl (C=O) groups is 2. The molecule has 1 atom stereocenters. The zero-order valence-electron chi connectivity index (χ0n) is 15.1. The highest BCUT2D eigenvalue weighted by Gasteiger charge is 2.36. The zero-order valence-corrected chi connectivity index (χ0v) is 15.9. The fourth-order valence-electron chi connectivity index (χ4n) is 4.23. The minimum atomic E-state index is -0.0264. The van der Waals surface area contributed by atoms with Crippen molar-refractivity contribution in [1.29, 1.82) is 0 Å². The number of likely N-dealkylation sites (tertiary alicyclic amines) is 2. The summed E-state index contributed by atoms with van der Waals surface area (Å²) < 4.78 is 5.00. The van der Waals surface area contributed by atoms with Crippen LogP contribution in [0.1, 0.15) is 47.6 Å². The van der Waals surface area contributed by atoms with E-state index in [9.17, 15) is 9.59 Å². The van der Waals surface area contributed by atoms with Gasteiger partial charge in [0.15, 0.2) is 0 Å². The third-order valence-corrected chi connectivity index (χ3v) is 6.04. The van der Waals surface area contributed by atoms with E-state index in [1.807, 2.05) is 34.1 Å². The predicted molar refractivity (Wildman–Crippen MR) is 102 cm³/mol. The molecule has 2 aliphatic rings. The van der Waals surface area contributed by atoms with E-state index in [0.29, 0.717) is 31.5 Å². The molecule has 27 heavy (non-hydrogen) atoms. The van der Waals surface area contributed by atoms with Crippen LogP contribution in [0.25, 0.3) is 0 Å². The summed E-state index contributed by atoms with van der Waals surface area (Å²) in [4.78, 5) is 29.4. The molecule has 0 radical (unpaired) electrons. The minimum absolute atomic E-state index is 0.0234. The maximum absolute atomic E-state index is 13.2. The number of nitrogens with zero attached hydrogens (tertiary/aromatic N) is 2. The van der Waals surface area contributed by atoms with Crippen molar-refractivity contribution in [3.05, 3.63) is 59.0 Å². The normalized spacial score (nSPS) is 20.9. The van der Waals surface area contributed by atoms with Crippen LogP contribution in [0.5, 0.6) is 0 Å². The zero-order chi connectivity index (χ0) is 18.8. The van der Waals surface area contributed by atoms with Crippen molar-refractivity contribution in [3.8, 4) is 0 Å². The summed E-state index contributed by atoms with van der Waals surface area (Å²) >= 11 is 6.37. The number of hydrogen-bond donors (Lipinski definition) is 0. The van der Waals surface area contributed by atoms with Crippen LogP contribution in [0.15, 0.2) is 47.3 Å². The molecule has 0 aliphatic carbocycles. The van der Waals surface area contributed by atoms with Crippen LogP contribution in [0.4, 0.5) is 0 Å². The average molecular weight is 387 g/mol. The number of piperidine rings is 1. The molecule has 6 heteroatoms. The Bertz CT molecular complexity index is 813. The summed E-state index contributed by atoms with van der Waals surface area (Å²) in [5, 5.41) is 0.725. The van der Waals surface area contributed by atoms with Gasteiger partial charge in [0, 0.05) is 30.6 Å². The van der Waals surface area contributed by atoms with Crippen molar-refractivity contribution in [2.75, 3.05) is 19.6 Å². The van der Waals surface area contributed by atoms with Crippen molar-refractivity contribution >= 4 is 23.4 Å². The molecule has 1 aromatic carbocycles. The molecule has 0 bridgehead atoms. The van der Waals surface area contributed by atoms with Gasteiger partial charge in [0.2, 0.25) is 5.91 Å². The Morgan fingerprint density at radius 2 is 1.81 bits per heavy atom. The molecule has 5 nitrogen and oxygen atoms in total. The van der Waals surface area contributed by atoms with Gasteiger partial charge < -0.3 is 14.2 Å². The van der Waals surface area contributed by atoms with E-state index in [4.69, 9.17) is 16.0 Å². The first kappa shape index (κ1) is 18.1. The van der Waals surface area contributed by atoms with Gasteiger partial charge in [-0.3, -0.25) is 9.59 Å². The topological polar surface area (TPSA) is 53.8 Å². The van der Waals surface area contributed by atoms with Crippen molar-refractivity contribution in [3.63, 3.8) is 0 Å². The molecule has 1 aromatic heterocycles. The molecule has 0 N–H and O–H groups in total. The Hall–Kier alpha value is -2.27. The first-order valence-corrected chi connectivity index (χ1v) is 9.89. The summed E-state index contributed by atoms with van der Waals surface area (Å²) in [6, 6.07) is 9.54. The van der Waals surface area contributed by atoms with Gasteiger partial charge in [-0.15, -0.1) is 0 Å². The highest BCUT2D eigenvalue weighted by Crippen LogP contribution is 2.37. The molecule has 2 aliphatic heterocycles. The van der Waals surface area contributed by atoms with E-state index in [1.165, 1.54) is 12.5 Å². The van der Waals surface area contributed by atoms with Crippen LogP contribution in [0, 0.1) is 5.92 Å². The first-order chi connectivity index (χ1) is 13.1. The molecule has 1 unspecified atom stereocenters. The van der Waals surface area contributed by atoms with Crippen LogP contribution in [0.3, 0.4) is 0 Å². The number of carbonyl (C=O) groups excluding carboxylic acids is 2. The summed E-state index contributed by atoms with van der Waals surface area (Å²) in [5.74, 6) is 0.152. The Labute approximate surface area is 163 Å². The van der Waals surface area contributed by atoms with Gasteiger partial charge in [0.25, 0.3) is 5.91 Å². The molecule has 0 saturated carbocycles. The number of halogens is 1. The van der Waals surface area contributed by atoms with Gasteiger partial charge in [0.05, 0.1) is 17.9 Å². The standard InChI is InChI=1S/C21H23ClN2O3/c22-18-5-2-1-4-17(18)19-6-3-10-24(19)21(26)15-7-11-23(12-8-15)20(25)16-9-13-27-14-16/h1-2,4-5,9,13-15,19H,3,6-8,10-12H2. The second-order valence-electron chi connectivity index (χ2n) is 7.29. The lowest BCUT2D eigenvalue weighted by molar-refractivity contribution is -0.137. The predicted octanol–water partition coefficient (Wildman–Crippen LogP) is 4.15. The Balaban J connectivity index is 1.40. The van der Waals surface area contributed by atoms with Crippen LogP contribution in [-0.4, -0.2) is 41.2 Å². The van der Waals surface area contributed by atoms with Gasteiger partial charge >= 0.3 is 0 Å². The number of benzene rings is 1. The third kappa shape index (κ3) is 3.61. The Kier molecular flexibility index (Phi) is 5.21. The SMILES string of the molecule is O=C(c1ccoc1)N1CCC(C(=O)N2CCCC2c2ccccc2Cl)CC1. The summed E-state index contributed by atoms with van der Waals surface area (Å²) in [7, 11) is 0. The number of furan rings is 1. The van der Waals surface area contributed by atoms with Gasteiger partial charge in [0.1, 0.15) is 6.26 Å². The monoisotopic (exact) mass is 386 g/mol. The lowest BCUT2D eigenvalue weighted by Gasteiger charge is -2.35. The van der Waals surface area contributed by atoms with Crippen LogP contribution >= 0.6 is 11.6 Å². The molecular formula is C21H23ClN2O3. The maximum atomic E-state index is 13.2. The fraction of sp³-hybridized carbons (Fsp3) is 0.429. The van der Waals surface area contributed by atoms with Crippen molar-refractivity contribution in [2.24, 2.45) is 5.92 Å². The third-order valence-electron chi connectivity index (χ3n) is 5.70. The van der Waals surface area contributed by atoms with Gasteiger partial charge in [-0.1, -0.05) is 29.8 Å². The van der Waals surface area contributed by atoms with Gasteiger partial charge in [-0.05, 0) is 43.4 Å². The quantitative estimate of drug-likeness (QED) is 0.796. The summed E-state index contributed by atoms with van der Waals surface area (Å²) in [6.45, 7) is 1.99. The smallest absolute Gasteiger partial charge is 0.257 e. The lowest BCUT2D eigenvalue weighted by Crippen LogP contribution is -2.44. The van der Waals surface area contributed by atoms with Gasteiger partial charge in [-0.2, -0.15) is 0 Å². The van der Waals surface area contributed by atoms with Crippen LogP contribution < -0.4 is 0 Å². The largest absolute Gasteiger partial charge is 0.472 e. The number of amides is 2. The lowest BCUT2D eigenvalue weighted by atomic mass is 9.94. The number of rotatable bonds is 3. The van der Waals surface area contributed by atoms with E-state index in [-0.39, 0.29) is 23.8 Å². The van der Waals surface area contributed by atoms with Crippen molar-refractivity contribution in [1.82, 2.24) is 9.80 Å². The van der Waals surface area contributed by atoms with Crippen molar-refractivity contribution in [2.45, 2.75) is 31.7 Å². The van der Waals surface area contributed by atoms with E-state index < -0.39 is 0 Å². The molecule has 0 spiro atoms. The van der Waals surface area contributed by atoms with Crippen molar-refractivity contribution < 1.29 is 14.0 Å². The molecule has 2 amide bonds. The van der Waals surface area contributed by atoms with Crippen LogP contribution in [-0.2, 0) is 4.79 Å². The summed E-state index contributed by atoms with van der Waals surface area (Å²) in [5.41, 5.74) is 1.61. The molecule has 2 saturated heterocycles. The van der Waals surface area contributed by atoms with Gasteiger partial charge in [-0.25, -0.2) is 0 Å². The Morgan fingerprint density at radius 1 is 1.04 bits per heavy atom. The van der Waals surface area contributed by atoms with E-state index >= 15 is 0 Å². The molecule has 2 fully saturated rings. The highest BCUT2D eigenvalue weighted by molar-refractivity contribution is 6.31. The minimum Gasteiger partial charge on any atom is -0.472 e. The second-order valence-corrected chi connectivity index (χ2v) is 7.70. The maximum Gasteiger partial charge on any atom is 0.257 e. The van der Waals surface area contributed by atoms with E-state index in [2.05, 4.69) is 0 Å². The molecule has 3 heterocycles. The molecular weight excluding hydrogens is 364 g/mol. The van der Waals surface area contributed by atoms with Crippen LogP contribution in [0.2, 0.25) is 5.02 Å². The van der Waals surface area contributed by atoms with E-state index in [0.717, 1.165) is 30.0 Å². The second kappa shape index (κ2) is 7.77. The first-order valence-electron chi connectivity index (χ1n) is 9.51. The molecule has 4 rings (SSSR count). The fourth-order valence-corrected chi connectivity index (χ4v) is 4.49. The molecule has 142 valence electrons. The average Bonchev–Trinajstić information content (AvgIpc) is 3.39. The number of hydrogen-bond acceptors (Lipinski definition) is 3. The molecule has 2 aromatic rings. The Morgan fingerprint density at radius 3 is 2.52 bits per heavy atom. The summed E-state index contributed by atoms with van der Waals surface area (Å²) in [6.07, 6.45) is 6.33.